The van der Waals surface area contributed by atoms with Crippen LogP contribution in [0.3, 0.4) is 0 Å². The zero-order valence-electron chi connectivity index (χ0n) is 23.0. The Hall–Kier alpha value is -3.55. The van der Waals surface area contributed by atoms with Crippen molar-refractivity contribution < 1.29 is 74.4 Å². The highest BCUT2D eigenvalue weighted by Gasteiger charge is 2.48. The number of hydrogen-bond acceptors (Lipinski definition) is 16. The Morgan fingerprint density at radius 2 is 1.39 bits per heavy atom. The van der Waals surface area contributed by atoms with Crippen LogP contribution in [0, 0.1) is 0 Å². The van der Waals surface area contributed by atoms with E-state index in [1.807, 2.05) is 0 Å². The van der Waals surface area contributed by atoms with Gasteiger partial charge in [0.2, 0.25) is 6.29 Å². The Kier molecular flexibility index (Phi) is 9.01. The van der Waals surface area contributed by atoms with E-state index in [-0.39, 0.29) is 28.4 Å². The molecule has 0 spiro atoms. The average molecular weight is 625 g/mol. The monoisotopic (exact) mass is 624 g/mol. The molecule has 0 radical (unpaired) electrons. The molecule has 0 amide bonds. The Morgan fingerprint density at radius 1 is 0.750 bits per heavy atom. The largest absolute Gasteiger partial charge is 0.507 e. The normalized spacial score (nSPS) is 32.5. The van der Waals surface area contributed by atoms with Crippen LogP contribution in [0.15, 0.2) is 39.5 Å². The highest BCUT2D eigenvalue weighted by atomic mass is 16.7. The van der Waals surface area contributed by atoms with Gasteiger partial charge < -0.3 is 74.4 Å². The predicted molar refractivity (Wildman–Crippen MR) is 145 cm³/mol. The van der Waals surface area contributed by atoms with Crippen LogP contribution in [0.2, 0.25) is 0 Å². The number of aliphatic hydroxyl groups is 8. The van der Waals surface area contributed by atoms with Crippen LogP contribution in [-0.4, -0.2) is 127 Å². The average Bonchev–Trinajstić information content (AvgIpc) is 3.00. The van der Waals surface area contributed by atoms with Crippen molar-refractivity contribution in [1.82, 2.24) is 0 Å². The van der Waals surface area contributed by atoms with E-state index in [2.05, 4.69) is 0 Å². The highest BCUT2D eigenvalue weighted by molar-refractivity contribution is 5.90. The molecule has 3 aromatic rings. The van der Waals surface area contributed by atoms with E-state index in [4.69, 9.17) is 23.4 Å². The number of hydrogen-bond donors (Lipinski definition) is 10. The predicted octanol–water partition coefficient (Wildman–Crippen LogP) is -2.43. The van der Waals surface area contributed by atoms with Crippen molar-refractivity contribution >= 4 is 11.0 Å². The van der Waals surface area contributed by atoms with E-state index in [0.717, 1.165) is 12.1 Å². The smallest absolute Gasteiger partial charge is 0.229 e. The second-order valence-electron chi connectivity index (χ2n) is 10.4. The standard InChI is InChI=1S/C28H32O16/c1-40-14-4-9(2-3-10(14)31)13-5-11(32)18-12(33)6-15(43-28-25(39)23(37)21(35)17(8-30)44-28)19(26(18)41-13)27-24(38)22(36)20(34)16(7-29)42-27/h2-6,16-17,20-25,27-31,33-39H,7-8H2,1H3/t16?,17?,20-,21-,22+,23+,24?,25?,27+,28-/m1/s1. The number of ether oxygens (including phenoxy) is 4. The lowest BCUT2D eigenvalue weighted by Gasteiger charge is -2.42. The fourth-order valence-electron chi connectivity index (χ4n) is 5.28. The van der Waals surface area contributed by atoms with Crippen LogP contribution in [-0.2, 0) is 9.47 Å². The van der Waals surface area contributed by atoms with E-state index >= 15 is 0 Å². The zero-order valence-corrected chi connectivity index (χ0v) is 23.0. The molecule has 0 bridgehead atoms. The molecular weight excluding hydrogens is 592 g/mol. The molecule has 2 aromatic carbocycles. The molecule has 44 heavy (non-hydrogen) atoms. The Bertz CT molecular complexity index is 1550. The SMILES string of the molecule is COc1cc(-c2cc(=O)c3c(O)cc(O[C@@H]4OC(CO)[C@@H](O)[C@H](O)C4O)c([C@@H]4OC(CO)[C@@H](O)[C@H](O)C4O)c3o2)ccc1O. The van der Waals surface area contributed by atoms with E-state index in [9.17, 15) is 55.9 Å². The van der Waals surface area contributed by atoms with Gasteiger partial charge in [0.05, 0.1) is 25.9 Å². The third-order valence-corrected chi connectivity index (χ3v) is 7.71. The first-order valence-electron chi connectivity index (χ1n) is 13.4. The number of fused-ring (bicyclic) bond motifs is 1. The van der Waals surface area contributed by atoms with E-state index < -0.39 is 102 Å². The van der Waals surface area contributed by atoms with Crippen LogP contribution in [0.4, 0.5) is 0 Å². The Morgan fingerprint density at radius 3 is 2.02 bits per heavy atom. The molecule has 2 aliphatic rings. The topological polar surface area (TPSA) is 269 Å². The van der Waals surface area contributed by atoms with Crippen LogP contribution in [0.5, 0.6) is 23.0 Å². The van der Waals surface area contributed by atoms with Crippen molar-refractivity contribution in [3.05, 3.63) is 46.1 Å². The molecule has 1 aromatic heterocycles. The first-order chi connectivity index (χ1) is 20.9. The molecule has 5 rings (SSSR count). The number of phenols is 2. The minimum absolute atomic E-state index is 0.0296. The van der Waals surface area contributed by atoms with Gasteiger partial charge in [-0.3, -0.25) is 4.79 Å². The van der Waals surface area contributed by atoms with E-state index in [1.54, 1.807) is 0 Å². The van der Waals surface area contributed by atoms with Gasteiger partial charge in [-0.05, 0) is 18.2 Å². The summed E-state index contributed by atoms with van der Waals surface area (Å²) >= 11 is 0. The molecule has 16 nitrogen and oxygen atoms in total. The Balaban J connectivity index is 1.74. The molecule has 2 aliphatic heterocycles. The maximum absolute atomic E-state index is 13.4. The van der Waals surface area contributed by atoms with Gasteiger partial charge >= 0.3 is 0 Å². The number of aliphatic hydroxyl groups excluding tert-OH is 8. The Labute approximate surface area is 247 Å². The summed E-state index contributed by atoms with van der Waals surface area (Å²) in [5.74, 6) is -1.50. The summed E-state index contributed by atoms with van der Waals surface area (Å²) in [7, 11) is 1.30. The lowest BCUT2D eigenvalue weighted by Crippen LogP contribution is -2.60. The summed E-state index contributed by atoms with van der Waals surface area (Å²) in [6.45, 7) is -1.61. The molecule has 0 aliphatic carbocycles. The minimum Gasteiger partial charge on any atom is -0.507 e. The summed E-state index contributed by atoms with van der Waals surface area (Å²) in [6, 6.07) is 5.93. The van der Waals surface area contributed by atoms with Gasteiger partial charge in [-0.15, -0.1) is 0 Å². The van der Waals surface area contributed by atoms with Crippen molar-refractivity contribution in [3.63, 3.8) is 0 Å². The second-order valence-corrected chi connectivity index (χ2v) is 10.4. The third kappa shape index (κ3) is 5.45. The van der Waals surface area contributed by atoms with Gasteiger partial charge in [0.1, 0.15) is 77.6 Å². The summed E-state index contributed by atoms with van der Waals surface area (Å²) < 4.78 is 28.1. The summed E-state index contributed by atoms with van der Waals surface area (Å²) in [6.07, 6.45) is -17.5. The maximum Gasteiger partial charge on any atom is 0.229 e. The van der Waals surface area contributed by atoms with Gasteiger partial charge in [0, 0.05) is 17.7 Å². The summed E-state index contributed by atoms with van der Waals surface area (Å²) in [5.41, 5.74) is -1.38. The number of benzene rings is 2. The van der Waals surface area contributed by atoms with Crippen LogP contribution < -0.4 is 14.9 Å². The zero-order chi connectivity index (χ0) is 32.0. The molecule has 2 fully saturated rings. The van der Waals surface area contributed by atoms with Crippen molar-refractivity contribution in [1.29, 1.82) is 0 Å². The fraction of sp³-hybridized carbons (Fsp3) is 0.464. The van der Waals surface area contributed by atoms with Crippen LogP contribution in [0.25, 0.3) is 22.3 Å². The van der Waals surface area contributed by atoms with Crippen LogP contribution >= 0.6 is 0 Å². The summed E-state index contributed by atoms with van der Waals surface area (Å²) in [4.78, 5) is 13.4. The number of aromatic hydroxyl groups is 2. The molecule has 4 unspecified atom stereocenters. The molecule has 0 saturated carbocycles. The third-order valence-electron chi connectivity index (χ3n) is 7.71. The summed E-state index contributed by atoms with van der Waals surface area (Å²) in [5, 5.41) is 103. The molecule has 2 saturated heterocycles. The van der Waals surface area contributed by atoms with Gasteiger partial charge in [0.25, 0.3) is 0 Å². The highest BCUT2D eigenvalue weighted by Crippen LogP contribution is 2.45. The lowest BCUT2D eigenvalue weighted by molar-refractivity contribution is -0.278. The van der Waals surface area contributed by atoms with Crippen molar-refractivity contribution in [2.45, 2.75) is 61.2 Å². The van der Waals surface area contributed by atoms with Gasteiger partial charge in [0.15, 0.2) is 22.5 Å². The van der Waals surface area contributed by atoms with Crippen LogP contribution in [0.1, 0.15) is 11.7 Å². The quantitative estimate of drug-likeness (QED) is 0.131. The van der Waals surface area contributed by atoms with E-state index in [0.29, 0.717) is 0 Å². The molecule has 240 valence electrons. The van der Waals surface area contributed by atoms with Crippen molar-refractivity contribution in [2.75, 3.05) is 20.3 Å². The van der Waals surface area contributed by atoms with Crippen molar-refractivity contribution in [3.8, 4) is 34.3 Å². The second kappa shape index (κ2) is 12.4. The lowest BCUT2D eigenvalue weighted by atomic mass is 9.89. The van der Waals surface area contributed by atoms with Gasteiger partial charge in [-0.25, -0.2) is 0 Å². The first-order valence-corrected chi connectivity index (χ1v) is 13.4. The number of rotatable bonds is 7. The molecular formula is C28H32O16. The maximum atomic E-state index is 13.4. The molecule has 3 heterocycles. The molecule has 10 N–H and O–H groups in total. The number of phenolic OH excluding ortho intramolecular Hbond substituents is 2. The fourth-order valence-corrected chi connectivity index (χ4v) is 5.28. The van der Waals surface area contributed by atoms with Crippen molar-refractivity contribution in [2.24, 2.45) is 0 Å². The first kappa shape index (κ1) is 31.9. The molecule has 10 atom stereocenters. The number of methoxy groups -OCH3 is 1. The molecule has 16 heteroatoms. The van der Waals surface area contributed by atoms with E-state index in [1.165, 1.54) is 25.3 Å². The minimum atomic E-state index is -1.94. The van der Waals surface area contributed by atoms with Gasteiger partial charge in [-0.1, -0.05) is 0 Å². The van der Waals surface area contributed by atoms with Gasteiger partial charge in [-0.2, -0.15) is 0 Å².